The third kappa shape index (κ3) is 13.4. The summed E-state index contributed by atoms with van der Waals surface area (Å²) in [5, 5.41) is 25.6. The lowest BCUT2D eigenvalue weighted by Crippen LogP contribution is -2.56. The van der Waals surface area contributed by atoms with E-state index >= 15 is 0 Å². The minimum absolute atomic E-state index is 0.0253. The van der Waals surface area contributed by atoms with Crippen LogP contribution in [0.3, 0.4) is 0 Å². The number of hydrogen-bond donors (Lipinski definition) is 5. The zero-order chi connectivity index (χ0) is 37.6. The van der Waals surface area contributed by atoms with Crippen LogP contribution in [-0.2, 0) is 42.6 Å². The topological polar surface area (TPSA) is 192 Å². The minimum Gasteiger partial charge on any atom is -0.389 e. The van der Waals surface area contributed by atoms with Crippen LogP contribution in [0.4, 0.5) is 0 Å². The molecule has 1 amide bonds. The predicted octanol–water partition coefficient (Wildman–Crippen LogP) is 2.76. The van der Waals surface area contributed by atoms with Crippen LogP contribution in [0.1, 0.15) is 75.8 Å². The van der Waals surface area contributed by atoms with Gasteiger partial charge in [0.1, 0.15) is 13.4 Å². The lowest BCUT2D eigenvalue weighted by molar-refractivity contribution is -0.120. The smallest absolute Gasteiger partial charge is 0.236 e. The van der Waals surface area contributed by atoms with Gasteiger partial charge in [0.25, 0.3) is 0 Å². The first-order valence-corrected chi connectivity index (χ1v) is 21.6. The average Bonchev–Trinajstić information content (AvgIpc) is 3.54. The number of sulfonamides is 2. The number of aryl methyl sites for hydroxylation is 1. The standard InChI is InChI=1S/C37H57N5O8S2/c1-2-3-20-39-51(46,47)26-35(43)36(44)33(22-30-15-9-5-10-16-30)40-34(37(38)45)23-32-24-42(52(48,49)21-19-29-13-7-4-8-14-29)27-41(32)28-50-25-31-17-11-6-12-18-31/h4,6-8,11-14,17-18,24,30,33-36,39-40,43-44H,2-3,5,9-10,15-16,19-23,25-28H2,1H3,(H2,38,45)/t33?,34-,35+,36-/m0/s1. The Morgan fingerprint density at radius 2 is 1.63 bits per heavy atom. The highest BCUT2D eigenvalue weighted by Gasteiger charge is 2.36. The summed E-state index contributed by atoms with van der Waals surface area (Å²) in [7, 11) is -7.64. The highest BCUT2D eigenvalue weighted by Crippen LogP contribution is 2.30. The number of ether oxygens (including phenoxy) is 1. The fraction of sp³-hybridized carbons (Fsp3) is 0.595. The second kappa shape index (κ2) is 20.4. The zero-order valence-electron chi connectivity index (χ0n) is 30.2. The molecule has 1 heterocycles. The molecule has 1 aliphatic heterocycles. The maximum Gasteiger partial charge on any atom is 0.236 e. The van der Waals surface area contributed by atoms with E-state index in [1.165, 1.54) is 10.5 Å². The molecule has 52 heavy (non-hydrogen) atoms. The minimum atomic E-state index is -3.88. The molecule has 13 nitrogen and oxygen atoms in total. The number of carbonyl (C=O) groups excluding carboxylic acids is 1. The molecule has 290 valence electrons. The largest absolute Gasteiger partial charge is 0.389 e. The molecule has 1 saturated carbocycles. The van der Waals surface area contributed by atoms with Crippen molar-refractivity contribution in [2.24, 2.45) is 11.7 Å². The van der Waals surface area contributed by atoms with Crippen molar-refractivity contribution in [3.63, 3.8) is 0 Å². The van der Waals surface area contributed by atoms with Gasteiger partial charge < -0.3 is 30.9 Å². The van der Waals surface area contributed by atoms with Crippen LogP contribution in [0.15, 0.2) is 72.6 Å². The van der Waals surface area contributed by atoms with Crippen LogP contribution in [0.2, 0.25) is 0 Å². The molecule has 1 unspecified atom stereocenters. The Balaban J connectivity index is 1.53. The Hall–Kier alpha value is -3.05. The summed E-state index contributed by atoms with van der Waals surface area (Å²) in [5.41, 5.74) is 8.26. The summed E-state index contributed by atoms with van der Waals surface area (Å²) >= 11 is 0. The number of amides is 1. The molecular weight excluding hydrogens is 707 g/mol. The maximum absolute atomic E-state index is 13.6. The molecule has 6 N–H and O–H groups in total. The van der Waals surface area contributed by atoms with Gasteiger partial charge in [-0.15, -0.1) is 0 Å². The highest BCUT2D eigenvalue weighted by atomic mass is 32.2. The first-order chi connectivity index (χ1) is 24.9. The number of aliphatic hydroxyl groups is 2. The summed E-state index contributed by atoms with van der Waals surface area (Å²) in [6.45, 7) is 2.46. The fourth-order valence-electron chi connectivity index (χ4n) is 6.73. The Kier molecular flexibility index (Phi) is 16.4. The van der Waals surface area contributed by atoms with Gasteiger partial charge in [-0.25, -0.2) is 21.6 Å². The molecule has 1 aliphatic carbocycles. The van der Waals surface area contributed by atoms with Gasteiger partial charge in [-0.05, 0) is 36.3 Å². The summed E-state index contributed by atoms with van der Waals surface area (Å²) < 4.78 is 62.2. The molecule has 1 fully saturated rings. The van der Waals surface area contributed by atoms with E-state index in [0.717, 1.165) is 49.7 Å². The Morgan fingerprint density at radius 1 is 0.981 bits per heavy atom. The van der Waals surface area contributed by atoms with E-state index in [-0.39, 0.29) is 44.6 Å². The Bertz CT molecular complexity index is 1620. The number of unbranched alkanes of at least 4 members (excludes halogenated alkanes) is 1. The molecule has 0 aromatic heterocycles. The monoisotopic (exact) mass is 763 g/mol. The van der Waals surface area contributed by atoms with E-state index < -0.39 is 56.0 Å². The lowest BCUT2D eigenvalue weighted by atomic mass is 9.83. The van der Waals surface area contributed by atoms with Gasteiger partial charge in [0, 0.05) is 30.9 Å². The van der Waals surface area contributed by atoms with Crippen molar-refractivity contribution in [3.05, 3.63) is 83.7 Å². The van der Waals surface area contributed by atoms with Gasteiger partial charge in [-0.2, -0.15) is 0 Å². The van der Waals surface area contributed by atoms with Gasteiger partial charge >= 0.3 is 0 Å². The highest BCUT2D eigenvalue weighted by molar-refractivity contribution is 7.89. The quantitative estimate of drug-likeness (QED) is 0.105. The van der Waals surface area contributed by atoms with Gasteiger partial charge in [0.15, 0.2) is 0 Å². The number of aliphatic hydroxyl groups excluding tert-OH is 2. The average molecular weight is 764 g/mol. The molecule has 0 saturated heterocycles. The third-order valence-electron chi connectivity index (χ3n) is 9.75. The lowest BCUT2D eigenvalue weighted by Gasteiger charge is -2.34. The maximum atomic E-state index is 13.6. The summed E-state index contributed by atoms with van der Waals surface area (Å²) in [4.78, 5) is 14.8. The number of benzene rings is 2. The number of rotatable bonds is 23. The molecule has 4 atom stereocenters. The van der Waals surface area contributed by atoms with Gasteiger partial charge in [-0.1, -0.05) is 106 Å². The molecule has 0 spiro atoms. The van der Waals surface area contributed by atoms with Crippen molar-refractivity contribution < 1.29 is 36.6 Å². The fourth-order valence-corrected chi connectivity index (χ4v) is 9.28. The van der Waals surface area contributed by atoms with Crippen molar-refractivity contribution in [2.75, 3.05) is 31.4 Å². The zero-order valence-corrected chi connectivity index (χ0v) is 31.8. The second-order valence-corrected chi connectivity index (χ2v) is 17.9. The SMILES string of the molecule is CCCCNS(=O)(=O)C[C@@H](O)[C@@H](O)C(CC1CCCCC1)N[C@@H](CC1=CN(S(=O)(=O)CCc2ccccc2)CN1COCc1ccccc1)C(N)=O. The molecule has 4 rings (SSSR count). The number of nitrogens with two attached hydrogens (primary N) is 1. The van der Waals surface area contributed by atoms with Crippen molar-refractivity contribution in [1.29, 1.82) is 0 Å². The Morgan fingerprint density at radius 3 is 2.27 bits per heavy atom. The molecule has 0 bridgehead atoms. The third-order valence-corrected chi connectivity index (χ3v) is 12.8. The molecule has 2 aromatic rings. The molecule has 2 aliphatic rings. The van der Waals surface area contributed by atoms with E-state index in [2.05, 4.69) is 10.0 Å². The number of nitrogens with one attached hydrogen (secondary N) is 2. The first kappa shape index (κ1) is 41.7. The van der Waals surface area contributed by atoms with Crippen LogP contribution < -0.4 is 15.8 Å². The number of nitrogens with zero attached hydrogens (tertiary/aromatic N) is 2. The van der Waals surface area contributed by atoms with Crippen LogP contribution in [0.5, 0.6) is 0 Å². The van der Waals surface area contributed by atoms with E-state index in [4.69, 9.17) is 10.5 Å². The molecule has 15 heteroatoms. The van der Waals surface area contributed by atoms with Crippen LogP contribution in [-0.4, -0.2) is 97.9 Å². The van der Waals surface area contributed by atoms with Crippen LogP contribution in [0, 0.1) is 5.92 Å². The van der Waals surface area contributed by atoms with Crippen LogP contribution in [0.25, 0.3) is 0 Å². The summed E-state index contributed by atoms with van der Waals surface area (Å²) in [6, 6.07) is 17.0. The van der Waals surface area contributed by atoms with Gasteiger partial charge in [0.05, 0.1) is 36.4 Å². The van der Waals surface area contributed by atoms with Crippen molar-refractivity contribution in [1.82, 2.24) is 19.2 Å². The summed E-state index contributed by atoms with van der Waals surface area (Å²) in [6.07, 6.45) is 5.42. The van der Waals surface area contributed by atoms with E-state index in [9.17, 15) is 31.8 Å². The summed E-state index contributed by atoms with van der Waals surface area (Å²) in [5.74, 6) is -1.36. The van der Waals surface area contributed by atoms with Crippen molar-refractivity contribution >= 4 is 26.0 Å². The van der Waals surface area contributed by atoms with Crippen molar-refractivity contribution in [3.8, 4) is 0 Å². The molecule has 0 radical (unpaired) electrons. The van der Waals surface area contributed by atoms with Gasteiger partial charge in [-0.3, -0.25) is 9.10 Å². The van der Waals surface area contributed by atoms with Crippen LogP contribution >= 0.6 is 0 Å². The number of carbonyl (C=O) groups is 1. The van der Waals surface area contributed by atoms with E-state index in [1.807, 2.05) is 67.6 Å². The first-order valence-electron chi connectivity index (χ1n) is 18.4. The Labute approximate surface area is 309 Å². The van der Waals surface area contributed by atoms with Crippen molar-refractivity contribution in [2.45, 2.75) is 102 Å². The number of hydrogen-bond acceptors (Lipinski definition) is 10. The van der Waals surface area contributed by atoms with E-state index in [1.54, 1.807) is 4.90 Å². The van der Waals surface area contributed by atoms with Gasteiger partial charge in [0.2, 0.25) is 26.0 Å². The molecule has 2 aromatic carbocycles. The predicted molar refractivity (Wildman–Crippen MR) is 201 cm³/mol. The molecular formula is C37H57N5O8S2. The normalized spacial score (nSPS) is 18.2. The number of primary amides is 1. The second-order valence-electron chi connectivity index (χ2n) is 14.0. The van der Waals surface area contributed by atoms with E-state index in [0.29, 0.717) is 25.0 Å².